The van der Waals surface area contributed by atoms with Gasteiger partial charge in [-0.2, -0.15) is 0 Å². The summed E-state index contributed by atoms with van der Waals surface area (Å²) in [5.41, 5.74) is 0. The lowest BCUT2D eigenvalue weighted by atomic mass is 10.2. The third-order valence-corrected chi connectivity index (χ3v) is 2.39. The highest BCUT2D eigenvalue weighted by atomic mass is 16.3. The molecule has 100 valence electrons. The number of likely N-dealkylation sites (N-methyl/N-ethyl adjacent to an activating group) is 1. The van der Waals surface area contributed by atoms with Crippen molar-refractivity contribution >= 4 is 11.8 Å². The van der Waals surface area contributed by atoms with Crippen LogP contribution in [0.2, 0.25) is 0 Å². The first-order valence-corrected chi connectivity index (χ1v) is 6.19. The fourth-order valence-electron chi connectivity index (χ4n) is 1.43. The molecule has 17 heavy (non-hydrogen) atoms. The van der Waals surface area contributed by atoms with Crippen LogP contribution in [0.3, 0.4) is 0 Å². The van der Waals surface area contributed by atoms with E-state index in [2.05, 4.69) is 5.32 Å². The summed E-state index contributed by atoms with van der Waals surface area (Å²) >= 11 is 0. The molecule has 0 aromatic carbocycles. The lowest BCUT2D eigenvalue weighted by Gasteiger charge is -2.21. The van der Waals surface area contributed by atoms with E-state index < -0.39 is 6.10 Å². The van der Waals surface area contributed by atoms with Gasteiger partial charge < -0.3 is 15.3 Å². The third kappa shape index (κ3) is 7.74. The first-order chi connectivity index (χ1) is 8.01. The molecule has 0 spiro atoms. The van der Waals surface area contributed by atoms with Gasteiger partial charge in [-0.3, -0.25) is 9.59 Å². The molecule has 0 fully saturated rings. The summed E-state index contributed by atoms with van der Waals surface area (Å²) in [6, 6.07) is 0. The van der Waals surface area contributed by atoms with Gasteiger partial charge in [0.2, 0.25) is 11.8 Å². The Morgan fingerprint density at radius 1 is 1.24 bits per heavy atom. The van der Waals surface area contributed by atoms with Crippen LogP contribution in [-0.4, -0.2) is 48.1 Å². The monoisotopic (exact) mass is 244 g/mol. The zero-order chi connectivity index (χ0) is 13.3. The van der Waals surface area contributed by atoms with Gasteiger partial charge in [-0.1, -0.05) is 13.8 Å². The Morgan fingerprint density at radius 2 is 1.82 bits per heavy atom. The number of amides is 2. The highest BCUT2D eigenvalue weighted by Gasteiger charge is 2.13. The second-order valence-electron chi connectivity index (χ2n) is 4.23. The molecule has 2 amide bonds. The Hall–Kier alpha value is -1.10. The summed E-state index contributed by atoms with van der Waals surface area (Å²) in [5.74, 6) is -0.0412. The topological polar surface area (TPSA) is 69.6 Å². The number of carbonyl (C=O) groups excluding carboxylic acids is 2. The SMILES string of the molecule is CCCC(=O)NC[C@H](O)CN(C)C(=O)CCC. The fourth-order valence-corrected chi connectivity index (χ4v) is 1.43. The van der Waals surface area contributed by atoms with Crippen molar-refractivity contribution < 1.29 is 14.7 Å². The highest BCUT2D eigenvalue weighted by molar-refractivity contribution is 5.76. The number of carbonyl (C=O) groups is 2. The summed E-state index contributed by atoms with van der Waals surface area (Å²) in [7, 11) is 1.66. The first kappa shape index (κ1) is 15.9. The second-order valence-corrected chi connectivity index (χ2v) is 4.23. The predicted molar refractivity (Wildman–Crippen MR) is 66.5 cm³/mol. The average Bonchev–Trinajstić information content (AvgIpc) is 2.27. The van der Waals surface area contributed by atoms with E-state index in [-0.39, 0.29) is 24.9 Å². The third-order valence-electron chi connectivity index (χ3n) is 2.39. The number of aliphatic hydroxyl groups is 1. The molecular weight excluding hydrogens is 220 g/mol. The van der Waals surface area contributed by atoms with E-state index in [0.29, 0.717) is 12.8 Å². The number of nitrogens with zero attached hydrogens (tertiary/aromatic N) is 1. The highest BCUT2D eigenvalue weighted by Crippen LogP contribution is 1.96. The molecule has 0 radical (unpaired) electrons. The Balaban J connectivity index is 3.81. The number of rotatable bonds is 8. The van der Waals surface area contributed by atoms with Crippen molar-refractivity contribution in [3.05, 3.63) is 0 Å². The molecule has 2 N–H and O–H groups in total. The van der Waals surface area contributed by atoms with Crippen molar-refractivity contribution in [3.63, 3.8) is 0 Å². The van der Waals surface area contributed by atoms with Gasteiger partial charge in [0.1, 0.15) is 0 Å². The molecule has 5 nitrogen and oxygen atoms in total. The van der Waals surface area contributed by atoms with Crippen LogP contribution in [0, 0.1) is 0 Å². The van der Waals surface area contributed by atoms with E-state index in [4.69, 9.17) is 0 Å². The van der Waals surface area contributed by atoms with Gasteiger partial charge in [-0.25, -0.2) is 0 Å². The molecular formula is C12H24N2O3. The van der Waals surface area contributed by atoms with Gasteiger partial charge in [0.05, 0.1) is 6.10 Å². The molecule has 0 aromatic heterocycles. The van der Waals surface area contributed by atoms with Crippen LogP contribution in [-0.2, 0) is 9.59 Å². The minimum absolute atomic E-state index is 0.0198. The van der Waals surface area contributed by atoms with E-state index >= 15 is 0 Å². The Morgan fingerprint density at radius 3 is 2.35 bits per heavy atom. The normalized spacial score (nSPS) is 12.0. The number of aliphatic hydroxyl groups excluding tert-OH is 1. The number of hydrogen-bond donors (Lipinski definition) is 2. The van der Waals surface area contributed by atoms with Gasteiger partial charge in [0, 0.05) is 33.0 Å². The molecule has 0 aliphatic rings. The van der Waals surface area contributed by atoms with Crippen LogP contribution in [0.1, 0.15) is 39.5 Å². The molecule has 0 aliphatic carbocycles. The smallest absolute Gasteiger partial charge is 0.222 e. The molecule has 0 bridgehead atoms. The van der Waals surface area contributed by atoms with Crippen molar-refractivity contribution in [2.24, 2.45) is 0 Å². The minimum Gasteiger partial charge on any atom is -0.389 e. The molecule has 1 atom stereocenters. The molecule has 0 aliphatic heterocycles. The van der Waals surface area contributed by atoms with Gasteiger partial charge in [0.25, 0.3) is 0 Å². The Bertz CT molecular complexity index is 244. The van der Waals surface area contributed by atoms with E-state index in [0.717, 1.165) is 12.8 Å². The first-order valence-electron chi connectivity index (χ1n) is 6.19. The van der Waals surface area contributed by atoms with Crippen molar-refractivity contribution in [1.82, 2.24) is 10.2 Å². The van der Waals surface area contributed by atoms with Gasteiger partial charge in [-0.05, 0) is 12.8 Å². The molecule has 0 aromatic rings. The number of nitrogens with one attached hydrogen (secondary N) is 1. The molecule has 0 saturated carbocycles. The van der Waals surface area contributed by atoms with Crippen LogP contribution < -0.4 is 5.32 Å². The molecule has 0 unspecified atom stereocenters. The second kappa shape index (κ2) is 8.98. The van der Waals surface area contributed by atoms with Gasteiger partial charge in [0.15, 0.2) is 0 Å². The van der Waals surface area contributed by atoms with E-state index in [1.807, 2.05) is 13.8 Å². The van der Waals surface area contributed by atoms with Gasteiger partial charge in [-0.15, -0.1) is 0 Å². The van der Waals surface area contributed by atoms with E-state index in [1.165, 1.54) is 4.90 Å². The summed E-state index contributed by atoms with van der Waals surface area (Å²) in [6.07, 6.45) is 1.84. The van der Waals surface area contributed by atoms with Crippen molar-refractivity contribution in [3.8, 4) is 0 Å². The largest absolute Gasteiger partial charge is 0.389 e. The summed E-state index contributed by atoms with van der Waals surface area (Å²) in [4.78, 5) is 24.1. The molecule has 0 saturated heterocycles. The maximum Gasteiger partial charge on any atom is 0.222 e. The minimum atomic E-state index is -0.707. The number of hydrogen-bond acceptors (Lipinski definition) is 3. The van der Waals surface area contributed by atoms with Crippen LogP contribution in [0.25, 0.3) is 0 Å². The fraction of sp³-hybridized carbons (Fsp3) is 0.833. The van der Waals surface area contributed by atoms with Crippen molar-refractivity contribution in [1.29, 1.82) is 0 Å². The average molecular weight is 244 g/mol. The van der Waals surface area contributed by atoms with Gasteiger partial charge >= 0.3 is 0 Å². The maximum atomic E-state index is 11.4. The molecule has 0 heterocycles. The summed E-state index contributed by atoms with van der Waals surface area (Å²) < 4.78 is 0. The summed E-state index contributed by atoms with van der Waals surface area (Å²) in [5, 5.41) is 12.3. The molecule has 5 heteroatoms. The van der Waals surface area contributed by atoms with Crippen LogP contribution in [0.15, 0.2) is 0 Å². The lowest BCUT2D eigenvalue weighted by molar-refractivity contribution is -0.131. The van der Waals surface area contributed by atoms with Crippen molar-refractivity contribution in [2.75, 3.05) is 20.1 Å². The maximum absolute atomic E-state index is 11.4. The Labute approximate surface area is 103 Å². The van der Waals surface area contributed by atoms with Crippen LogP contribution in [0.4, 0.5) is 0 Å². The van der Waals surface area contributed by atoms with Crippen LogP contribution in [0.5, 0.6) is 0 Å². The van der Waals surface area contributed by atoms with Crippen molar-refractivity contribution in [2.45, 2.75) is 45.6 Å². The van der Waals surface area contributed by atoms with E-state index in [1.54, 1.807) is 7.05 Å². The van der Waals surface area contributed by atoms with E-state index in [9.17, 15) is 14.7 Å². The predicted octanol–water partition coefficient (Wildman–Crippen LogP) is 0.522. The zero-order valence-corrected chi connectivity index (χ0v) is 11.0. The Kier molecular flexibility index (Phi) is 8.40. The quantitative estimate of drug-likeness (QED) is 0.654. The van der Waals surface area contributed by atoms with Crippen LogP contribution >= 0.6 is 0 Å². The summed E-state index contributed by atoms with van der Waals surface area (Å²) in [6.45, 7) is 4.31. The standard InChI is InChI=1S/C12H24N2O3/c1-4-6-11(16)13-8-10(15)9-14(3)12(17)7-5-2/h10,15H,4-9H2,1-3H3,(H,13,16)/t10-/m0/s1. The zero-order valence-electron chi connectivity index (χ0n) is 11.0. The lowest BCUT2D eigenvalue weighted by Crippen LogP contribution is -2.40. The molecule has 0 rings (SSSR count).